The first kappa shape index (κ1) is 18.3. The van der Waals surface area contributed by atoms with Gasteiger partial charge in [-0.15, -0.1) is 0 Å². The number of aromatic nitrogens is 2. The monoisotopic (exact) mass is 374 g/mol. The highest BCUT2D eigenvalue weighted by Gasteiger charge is 2.28. The third-order valence-corrected chi connectivity index (χ3v) is 6.08. The molecule has 1 atom stereocenters. The number of carbonyl (C=O) groups excluding carboxylic acids is 1. The standard InChI is InChI=1S/C18H22N4O3S/c1-12(2)14-5-3-4-6-15(14)22-18(23)16-9-17(20-11-19-16)21-13-7-8-26(24,25)10-13/h3-6,9,11-13H,7-8,10H2,1-2H3,(H,22,23)(H,19,20,21). The van der Waals surface area contributed by atoms with Gasteiger partial charge in [-0.2, -0.15) is 0 Å². The minimum atomic E-state index is -2.98. The molecule has 1 aromatic carbocycles. The zero-order valence-electron chi connectivity index (χ0n) is 14.8. The second-order valence-corrected chi connectivity index (χ2v) is 8.96. The molecular formula is C18H22N4O3S. The van der Waals surface area contributed by atoms with Gasteiger partial charge in [-0.3, -0.25) is 4.79 Å². The molecule has 0 saturated carbocycles. The summed E-state index contributed by atoms with van der Waals surface area (Å²) in [6.07, 6.45) is 1.84. The van der Waals surface area contributed by atoms with E-state index in [-0.39, 0.29) is 35.1 Å². The summed E-state index contributed by atoms with van der Waals surface area (Å²) < 4.78 is 23.1. The Balaban J connectivity index is 1.73. The summed E-state index contributed by atoms with van der Waals surface area (Å²) >= 11 is 0. The van der Waals surface area contributed by atoms with E-state index in [1.807, 2.05) is 24.3 Å². The topological polar surface area (TPSA) is 101 Å². The van der Waals surface area contributed by atoms with Gasteiger partial charge in [0.25, 0.3) is 5.91 Å². The van der Waals surface area contributed by atoms with Crippen molar-refractivity contribution in [2.24, 2.45) is 0 Å². The van der Waals surface area contributed by atoms with Crippen molar-refractivity contribution in [3.63, 3.8) is 0 Å². The Morgan fingerprint density at radius 1 is 1.23 bits per heavy atom. The fourth-order valence-electron chi connectivity index (χ4n) is 2.98. The SMILES string of the molecule is CC(C)c1ccccc1NC(=O)c1cc(NC2CCS(=O)(=O)C2)ncn1. The van der Waals surface area contributed by atoms with Crippen LogP contribution in [0, 0.1) is 0 Å². The molecule has 1 fully saturated rings. The van der Waals surface area contributed by atoms with Gasteiger partial charge in [-0.05, 0) is 24.0 Å². The number of hydrogen-bond acceptors (Lipinski definition) is 6. The highest BCUT2D eigenvalue weighted by molar-refractivity contribution is 7.91. The molecule has 138 valence electrons. The maximum atomic E-state index is 12.6. The highest BCUT2D eigenvalue weighted by atomic mass is 32.2. The Morgan fingerprint density at radius 3 is 2.69 bits per heavy atom. The largest absolute Gasteiger partial charge is 0.366 e. The van der Waals surface area contributed by atoms with E-state index >= 15 is 0 Å². The average Bonchev–Trinajstić information content (AvgIpc) is 2.94. The van der Waals surface area contributed by atoms with Crippen LogP contribution in [0.2, 0.25) is 0 Å². The minimum absolute atomic E-state index is 0.0836. The summed E-state index contributed by atoms with van der Waals surface area (Å²) in [7, 11) is -2.98. The second-order valence-electron chi connectivity index (χ2n) is 6.73. The maximum absolute atomic E-state index is 12.6. The normalized spacial score (nSPS) is 18.7. The summed E-state index contributed by atoms with van der Waals surface area (Å²) in [4.78, 5) is 20.7. The molecule has 1 amide bonds. The lowest BCUT2D eigenvalue weighted by Crippen LogP contribution is -2.22. The molecule has 0 radical (unpaired) electrons. The molecule has 26 heavy (non-hydrogen) atoms. The Labute approximate surface area is 153 Å². The molecule has 0 spiro atoms. The quantitative estimate of drug-likeness (QED) is 0.834. The van der Waals surface area contributed by atoms with Gasteiger partial charge in [-0.1, -0.05) is 32.0 Å². The van der Waals surface area contributed by atoms with Gasteiger partial charge >= 0.3 is 0 Å². The zero-order chi connectivity index (χ0) is 18.7. The molecule has 1 saturated heterocycles. The average molecular weight is 374 g/mol. The number of hydrogen-bond donors (Lipinski definition) is 2. The predicted molar refractivity (Wildman–Crippen MR) is 101 cm³/mol. The minimum Gasteiger partial charge on any atom is -0.366 e. The molecule has 1 aliphatic rings. The summed E-state index contributed by atoms with van der Waals surface area (Å²) in [5, 5.41) is 5.96. The Morgan fingerprint density at radius 2 is 2.00 bits per heavy atom. The molecule has 7 nitrogen and oxygen atoms in total. The maximum Gasteiger partial charge on any atom is 0.274 e. The first-order valence-corrected chi connectivity index (χ1v) is 10.4. The van der Waals surface area contributed by atoms with E-state index in [2.05, 4.69) is 34.4 Å². The van der Waals surface area contributed by atoms with E-state index < -0.39 is 9.84 Å². The number of para-hydroxylation sites is 1. The molecule has 1 aromatic heterocycles. The van der Waals surface area contributed by atoms with Gasteiger partial charge in [0.05, 0.1) is 11.5 Å². The molecule has 2 heterocycles. The van der Waals surface area contributed by atoms with Gasteiger partial charge in [-0.25, -0.2) is 18.4 Å². The number of rotatable bonds is 5. The van der Waals surface area contributed by atoms with E-state index in [1.54, 1.807) is 0 Å². The Hall–Kier alpha value is -2.48. The van der Waals surface area contributed by atoms with E-state index in [0.29, 0.717) is 12.2 Å². The predicted octanol–water partition coefficient (Wildman–Crippen LogP) is 2.45. The van der Waals surface area contributed by atoms with Crippen LogP contribution in [-0.4, -0.2) is 41.8 Å². The molecule has 1 unspecified atom stereocenters. The molecule has 1 aliphatic heterocycles. The lowest BCUT2D eigenvalue weighted by molar-refractivity contribution is 0.102. The molecular weight excluding hydrogens is 352 g/mol. The fraction of sp³-hybridized carbons (Fsp3) is 0.389. The van der Waals surface area contributed by atoms with Crippen LogP contribution in [0.5, 0.6) is 0 Å². The van der Waals surface area contributed by atoms with Crippen LogP contribution < -0.4 is 10.6 Å². The van der Waals surface area contributed by atoms with Gasteiger partial charge in [0.15, 0.2) is 9.84 Å². The highest BCUT2D eigenvalue weighted by Crippen LogP contribution is 2.24. The number of anilines is 2. The van der Waals surface area contributed by atoms with Crippen molar-refractivity contribution in [2.45, 2.75) is 32.2 Å². The van der Waals surface area contributed by atoms with Gasteiger partial charge in [0.2, 0.25) is 0 Å². The van der Waals surface area contributed by atoms with Crippen LogP contribution in [0.4, 0.5) is 11.5 Å². The number of carbonyl (C=O) groups is 1. The lowest BCUT2D eigenvalue weighted by Gasteiger charge is -2.14. The lowest BCUT2D eigenvalue weighted by atomic mass is 10.0. The number of nitrogens with zero attached hydrogens (tertiary/aromatic N) is 2. The number of amides is 1. The molecule has 2 N–H and O–H groups in total. The summed E-state index contributed by atoms with van der Waals surface area (Å²) in [5.74, 6) is 0.653. The van der Waals surface area contributed by atoms with Gasteiger partial charge in [0.1, 0.15) is 17.8 Å². The third-order valence-electron chi connectivity index (χ3n) is 4.32. The van der Waals surface area contributed by atoms with Gasteiger partial charge in [0, 0.05) is 17.8 Å². The fourth-order valence-corrected chi connectivity index (χ4v) is 4.65. The Kier molecular flexibility index (Phi) is 5.22. The second kappa shape index (κ2) is 7.41. The number of sulfone groups is 1. The molecule has 8 heteroatoms. The van der Waals surface area contributed by atoms with Crippen molar-refractivity contribution in [3.05, 3.63) is 47.9 Å². The van der Waals surface area contributed by atoms with Crippen LogP contribution in [0.1, 0.15) is 42.2 Å². The van der Waals surface area contributed by atoms with Gasteiger partial charge < -0.3 is 10.6 Å². The van der Waals surface area contributed by atoms with Crippen LogP contribution in [0.15, 0.2) is 36.7 Å². The molecule has 0 aliphatic carbocycles. The van der Waals surface area contributed by atoms with Crippen LogP contribution in [0.3, 0.4) is 0 Å². The van der Waals surface area contributed by atoms with E-state index in [0.717, 1.165) is 11.3 Å². The van der Waals surface area contributed by atoms with Crippen LogP contribution in [-0.2, 0) is 9.84 Å². The third kappa shape index (κ3) is 4.37. The van der Waals surface area contributed by atoms with Crippen molar-refractivity contribution in [1.82, 2.24) is 9.97 Å². The van der Waals surface area contributed by atoms with Crippen molar-refractivity contribution >= 4 is 27.2 Å². The molecule has 3 rings (SSSR count). The summed E-state index contributed by atoms with van der Waals surface area (Å²) in [6.45, 7) is 4.13. The van der Waals surface area contributed by atoms with E-state index in [4.69, 9.17) is 0 Å². The van der Waals surface area contributed by atoms with Crippen molar-refractivity contribution in [2.75, 3.05) is 22.1 Å². The van der Waals surface area contributed by atoms with E-state index in [1.165, 1.54) is 12.4 Å². The number of nitrogens with one attached hydrogen (secondary N) is 2. The Bertz CT molecular complexity index is 912. The smallest absolute Gasteiger partial charge is 0.274 e. The van der Waals surface area contributed by atoms with E-state index in [9.17, 15) is 13.2 Å². The molecule has 0 bridgehead atoms. The summed E-state index contributed by atoms with van der Waals surface area (Å²) in [5.41, 5.74) is 2.02. The first-order chi connectivity index (χ1) is 12.3. The van der Waals surface area contributed by atoms with Crippen LogP contribution >= 0.6 is 0 Å². The summed E-state index contributed by atoms with van der Waals surface area (Å²) in [6, 6.07) is 9.00. The van der Waals surface area contributed by atoms with Crippen molar-refractivity contribution in [1.29, 1.82) is 0 Å². The first-order valence-electron chi connectivity index (χ1n) is 8.53. The molecule has 2 aromatic rings. The van der Waals surface area contributed by atoms with Crippen molar-refractivity contribution in [3.8, 4) is 0 Å². The zero-order valence-corrected chi connectivity index (χ0v) is 15.6. The van der Waals surface area contributed by atoms with Crippen molar-refractivity contribution < 1.29 is 13.2 Å². The number of benzene rings is 1. The van der Waals surface area contributed by atoms with Crippen LogP contribution in [0.25, 0.3) is 0 Å².